The Morgan fingerprint density at radius 3 is 2.20 bits per heavy atom. The number of hydrogen-bond acceptors (Lipinski definition) is 2. The Morgan fingerprint density at radius 2 is 1.87 bits per heavy atom. The smallest absolute Gasteiger partial charge is 0.0605 e. The summed E-state index contributed by atoms with van der Waals surface area (Å²) in [4.78, 5) is 0. The lowest BCUT2D eigenvalue weighted by atomic mass is 9.65. The molecule has 0 heterocycles. The van der Waals surface area contributed by atoms with Gasteiger partial charge in [-0.05, 0) is 43.9 Å². The van der Waals surface area contributed by atoms with E-state index in [1.807, 2.05) is 0 Å². The second-order valence-electron chi connectivity index (χ2n) is 5.57. The SMILES string of the molecule is CCC(O)C1(CN)CCC(C(C)C)CC1. The van der Waals surface area contributed by atoms with Crippen molar-refractivity contribution in [3.63, 3.8) is 0 Å². The average Bonchev–Trinajstić information content (AvgIpc) is 2.27. The molecule has 3 N–H and O–H groups in total. The first-order chi connectivity index (χ1) is 7.05. The third-order valence-corrected chi connectivity index (χ3v) is 4.47. The van der Waals surface area contributed by atoms with Crippen molar-refractivity contribution >= 4 is 0 Å². The molecule has 1 unspecified atom stereocenters. The van der Waals surface area contributed by atoms with Crippen molar-refractivity contribution in [3.8, 4) is 0 Å². The van der Waals surface area contributed by atoms with Gasteiger partial charge in [0.15, 0.2) is 0 Å². The van der Waals surface area contributed by atoms with Crippen molar-refractivity contribution in [2.45, 2.75) is 59.0 Å². The fourth-order valence-corrected chi connectivity index (χ4v) is 2.99. The van der Waals surface area contributed by atoms with E-state index in [4.69, 9.17) is 5.73 Å². The van der Waals surface area contributed by atoms with E-state index in [-0.39, 0.29) is 11.5 Å². The third-order valence-electron chi connectivity index (χ3n) is 4.47. The van der Waals surface area contributed by atoms with Crippen molar-refractivity contribution in [1.82, 2.24) is 0 Å². The molecule has 0 aliphatic heterocycles. The summed E-state index contributed by atoms with van der Waals surface area (Å²) in [6.07, 6.45) is 5.35. The first-order valence-electron chi connectivity index (χ1n) is 6.44. The zero-order valence-corrected chi connectivity index (χ0v) is 10.5. The van der Waals surface area contributed by atoms with E-state index in [9.17, 15) is 5.11 Å². The highest BCUT2D eigenvalue weighted by Crippen LogP contribution is 2.43. The van der Waals surface area contributed by atoms with Gasteiger partial charge in [0, 0.05) is 12.0 Å². The van der Waals surface area contributed by atoms with Gasteiger partial charge in [0.25, 0.3) is 0 Å². The topological polar surface area (TPSA) is 46.2 Å². The van der Waals surface area contributed by atoms with Gasteiger partial charge in [0.05, 0.1) is 6.10 Å². The highest BCUT2D eigenvalue weighted by Gasteiger charge is 2.39. The molecular formula is C13H27NO. The summed E-state index contributed by atoms with van der Waals surface area (Å²) in [6.45, 7) is 7.30. The summed E-state index contributed by atoms with van der Waals surface area (Å²) in [7, 11) is 0. The Balaban J connectivity index is 2.58. The predicted molar refractivity (Wildman–Crippen MR) is 64.6 cm³/mol. The predicted octanol–water partition coefficient (Wildman–Crippen LogP) is 2.55. The van der Waals surface area contributed by atoms with Crippen LogP contribution in [0, 0.1) is 17.3 Å². The molecule has 1 saturated carbocycles. The number of rotatable bonds is 4. The fourth-order valence-electron chi connectivity index (χ4n) is 2.99. The molecule has 0 aromatic heterocycles. The lowest BCUT2D eigenvalue weighted by Gasteiger charge is -2.43. The minimum absolute atomic E-state index is 0.0279. The average molecular weight is 213 g/mol. The molecule has 2 heteroatoms. The third kappa shape index (κ3) is 2.73. The molecule has 1 fully saturated rings. The maximum Gasteiger partial charge on any atom is 0.0605 e. The lowest BCUT2D eigenvalue weighted by molar-refractivity contribution is -0.0147. The van der Waals surface area contributed by atoms with E-state index in [0.717, 1.165) is 31.1 Å². The molecule has 1 aliphatic carbocycles. The second-order valence-corrected chi connectivity index (χ2v) is 5.57. The van der Waals surface area contributed by atoms with Crippen LogP contribution in [-0.4, -0.2) is 17.8 Å². The Morgan fingerprint density at radius 1 is 1.33 bits per heavy atom. The van der Waals surface area contributed by atoms with Crippen LogP contribution in [0.4, 0.5) is 0 Å². The van der Waals surface area contributed by atoms with Gasteiger partial charge in [0.1, 0.15) is 0 Å². The maximum absolute atomic E-state index is 10.1. The number of hydrogen-bond donors (Lipinski definition) is 2. The van der Waals surface area contributed by atoms with E-state index in [1.54, 1.807) is 0 Å². The molecule has 0 aromatic rings. The summed E-state index contributed by atoms with van der Waals surface area (Å²) in [6, 6.07) is 0. The Kier molecular flexibility index (Phi) is 4.60. The summed E-state index contributed by atoms with van der Waals surface area (Å²) >= 11 is 0. The molecule has 2 nitrogen and oxygen atoms in total. The molecule has 0 aromatic carbocycles. The largest absolute Gasteiger partial charge is 0.393 e. The van der Waals surface area contributed by atoms with Crippen LogP contribution in [0.5, 0.6) is 0 Å². The molecule has 1 atom stereocenters. The van der Waals surface area contributed by atoms with Crippen LogP contribution in [0.2, 0.25) is 0 Å². The van der Waals surface area contributed by atoms with Crippen LogP contribution in [0.1, 0.15) is 52.9 Å². The minimum Gasteiger partial charge on any atom is -0.393 e. The lowest BCUT2D eigenvalue weighted by Crippen LogP contribution is -2.44. The molecule has 0 amide bonds. The number of aliphatic hydroxyl groups excluding tert-OH is 1. The van der Waals surface area contributed by atoms with Crippen molar-refractivity contribution < 1.29 is 5.11 Å². The van der Waals surface area contributed by atoms with Gasteiger partial charge >= 0.3 is 0 Å². The Hall–Kier alpha value is -0.0800. The standard InChI is InChI=1S/C13H27NO/c1-4-12(15)13(9-14)7-5-11(6-8-13)10(2)3/h10-12,15H,4-9,14H2,1-3H3. The van der Waals surface area contributed by atoms with Crippen molar-refractivity contribution in [2.24, 2.45) is 23.0 Å². The van der Waals surface area contributed by atoms with Gasteiger partial charge in [-0.15, -0.1) is 0 Å². The van der Waals surface area contributed by atoms with E-state index in [0.29, 0.717) is 6.54 Å². The van der Waals surface area contributed by atoms with Gasteiger partial charge in [-0.25, -0.2) is 0 Å². The van der Waals surface area contributed by atoms with Gasteiger partial charge < -0.3 is 10.8 Å². The zero-order valence-electron chi connectivity index (χ0n) is 10.5. The zero-order chi connectivity index (χ0) is 11.5. The quantitative estimate of drug-likeness (QED) is 0.754. The van der Waals surface area contributed by atoms with E-state index in [1.165, 1.54) is 12.8 Å². The minimum atomic E-state index is -0.199. The molecule has 1 aliphatic rings. The first-order valence-corrected chi connectivity index (χ1v) is 6.44. The van der Waals surface area contributed by atoms with E-state index >= 15 is 0 Å². The van der Waals surface area contributed by atoms with Crippen molar-refractivity contribution in [2.75, 3.05) is 6.54 Å². The van der Waals surface area contributed by atoms with E-state index in [2.05, 4.69) is 20.8 Å². The number of aliphatic hydroxyl groups is 1. The van der Waals surface area contributed by atoms with Crippen LogP contribution in [0.25, 0.3) is 0 Å². The molecule has 0 bridgehead atoms. The van der Waals surface area contributed by atoms with Gasteiger partial charge in [-0.1, -0.05) is 20.8 Å². The Labute approximate surface area is 94.2 Å². The molecule has 0 saturated heterocycles. The van der Waals surface area contributed by atoms with Crippen LogP contribution < -0.4 is 5.73 Å². The molecule has 0 spiro atoms. The van der Waals surface area contributed by atoms with Crippen molar-refractivity contribution in [1.29, 1.82) is 0 Å². The van der Waals surface area contributed by atoms with Crippen LogP contribution >= 0.6 is 0 Å². The van der Waals surface area contributed by atoms with Gasteiger partial charge in [-0.3, -0.25) is 0 Å². The summed E-state index contributed by atoms with van der Waals surface area (Å²) in [5, 5.41) is 10.1. The normalized spacial score (nSPS) is 34.4. The van der Waals surface area contributed by atoms with Gasteiger partial charge in [-0.2, -0.15) is 0 Å². The first kappa shape index (κ1) is 13.0. The van der Waals surface area contributed by atoms with E-state index < -0.39 is 0 Å². The van der Waals surface area contributed by atoms with Crippen LogP contribution in [0.15, 0.2) is 0 Å². The highest BCUT2D eigenvalue weighted by atomic mass is 16.3. The molecule has 15 heavy (non-hydrogen) atoms. The summed E-state index contributed by atoms with van der Waals surface area (Å²) in [5.41, 5.74) is 5.90. The van der Waals surface area contributed by atoms with Crippen molar-refractivity contribution in [3.05, 3.63) is 0 Å². The molecule has 1 rings (SSSR count). The summed E-state index contributed by atoms with van der Waals surface area (Å²) < 4.78 is 0. The molecule has 90 valence electrons. The fraction of sp³-hybridized carbons (Fsp3) is 1.00. The number of nitrogens with two attached hydrogens (primary N) is 1. The second kappa shape index (κ2) is 5.31. The highest BCUT2D eigenvalue weighted by molar-refractivity contribution is 4.91. The monoisotopic (exact) mass is 213 g/mol. The Bertz CT molecular complexity index is 183. The van der Waals surface area contributed by atoms with Crippen LogP contribution in [-0.2, 0) is 0 Å². The molecule has 0 radical (unpaired) electrons. The maximum atomic E-state index is 10.1. The summed E-state index contributed by atoms with van der Waals surface area (Å²) in [5.74, 6) is 1.62. The van der Waals surface area contributed by atoms with Gasteiger partial charge in [0.2, 0.25) is 0 Å². The van der Waals surface area contributed by atoms with Crippen LogP contribution in [0.3, 0.4) is 0 Å². The molecular weight excluding hydrogens is 186 g/mol.